The second-order valence-electron chi connectivity index (χ2n) is 9.07. The number of aromatic carboxylic acids is 1. The number of nitrogens with zero attached hydrogens (tertiary/aromatic N) is 1. The van der Waals surface area contributed by atoms with Gasteiger partial charge in [-0.25, -0.2) is 13.2 Å². The predicted octanol–water partition coefficient (Wildman–Crippen LogP) is 5.49. The van der Waals surface area contributed by atoms with Crippen molar-refractivity contribution in [2.45, 2.75) is 37.6 Å². The fourth-order valence-corrected chi connectivity index (χ4v) is 4.83. The van der Waals surface area contributed by atoms with Crippen molar-refractivity contribution < 1.29 is 18.3 Å². The third-order valence-electron chi connectivity index (χ3n) is 5.61. The van der Waals surface area contributed by atoms with E-state index >= 15 is 0 Å². The molecule has 0 unspecified atom stereocenters. The number of aromatic nitrogens is 1. The van der Waals surface area contributed by atoms with Crippen LogP contribution in [0.2, 0.25) is 0 Å². The number of fused-ring (bicyclic) bond motifs is 1. The highest BCUT2D eigenvalue weighted by Crippen LogP contribution is 2.25. The highest BCUT2D eigenvalue weighted by atomic mass is 32.2. The zero-order valence-corrected chi connectivity index (χ0v) is 19.6. The molecule has 0 aliphatic rings. The van der Waals surface area contributed by atoms with Gasteiger partial charge in [-0.1, -0.05) is 63.2 Å². The first kappa shape index (κ1) is 22.6. The average molecular weight is 463 g/mol. The molecule has 7 heteroatoms. The van der Waals surface area contributed by atoms with Crippen LogP contribution in [0, 0.1) is 0 Å². The molecule has 0 fully saturated rings. The molecule has 0 spiro atoms. The second kappa shape index (κ2) is 8.41. The molecule has 4 rings (SSSR count). The summed E-state index contributed by atoms with van der Waals surface area (Å²) in [7, 11) is -3.70. The van der Waals surface area contributed by atoms with E-state index in [1.165, 1.54) is 0 Å². The summed E-state index contributed by atoms with van der Waals surface area (Å²) in [6.07, 6.45) is 1.63. The van der Waals surface area contributed by atoms with Gasteiger partial charge in [0.1, 0.15) is 0 Å². The third kappa shape index (κ3) is 4.78. The fourth-order valence-electron chi connectivity index (χ4n) is 3.77. The molecule has 170 valence electrons. The lowest BCUT2D eigenvalue weighted by Gasteiger charge is -2.19. The monoisotopic (exact) mass is 462 g/mol. The number of sulfonamides is 1. The van der Waals surface area contributed by atoms with E-state index in [2.05, 4.69) is 25.5 Å². The summed E-state index contributed by atoms with van der Waals surface area (Å²) in [5.74, 6) is -0.967. The van der Waals surface area contributed by atoms with Crippen LogP contribution in [0.3, 0.4) is 0 Å². The van der Waals surface area contributed by atoms with Crippen LogP contribution in [0.5, 0.6) is 0 Å². The van der Waals surface area contributed by atoms with E-state index in [9.17, 15) is 18.3 Å². The van der Waals surface area contributed by atoms with Gasteiger partial charge in [-0.15, -0.1) is 0 Å². The highest BCUT2D eigenvalue weighted by molar-refractivity contribution is 7.92. The zero-order chi connectivity index (χ0) is 23.8. The smallest absolute Gasteiger partial charge is 0.337 e. The van der Waals surface area contributed by atoms with Gasteiger partial charge in [-0.3, -0.25) is 4.72 Å². The van der Waals surface area contributed by atoms with Gasteiger partial charge in [0.15, 0.2) is 0 Å². The van der Waals surface area contributed by atoms with Crippen molar-refractivity contribution in [1.29, 1.82) is 0 Å². The van der Waals surface area contributed by atoms with E-state index < -0.39 is 16.0 Å². The Kier molecular flexibility index (Phi) is 5.76. The standard InChI is InChI=1S/C26H26N2O4S/c1-26(2,3)19-10-14-21(15-11-19)33(31,32)27-20-12-8-18(9-13-20)16-28-17-23(25(29)30)22-6-4-5-7-24(22)28/h4-15,17,27H,16H2,1-3H3,(H,29,30). The lowest BCUT2D eigenvalue weighted by molar-refractivity contribution is 0.0698. The van der Waals surface area contributed by atoms with Crippen LogP contribution in [-0.4, -0.2) is 24.1 Å². The van der Waals surface area contributed by atoms with Crippen molar-refractivity contribution in [1.82, 2.24) is 4.57 Å². The Labute approximate surface area is 193 Å². The number of carbonyl (C=O) groups is 1. The number of hydrogen-bond donors (Lipinski definition) is 2. The summed E-state index contributed by atoms with van der Waals surface area (Å²) in [6, 6.07) is 21.4. The van der Waals surface area contributed by atoms with Crippen LogP contribution >= 0.6 is 0 Å². The van der Waals surface area contributed by atoms with Crippen molar-refractivity contribution in [3.8, 4) is 0 Å². The summed E-state index contributed by atoms with van der Waals surface area (Å²) in [5.41, 5.74) is 3.48. The van der Waals surface area contributed by atoms with Crippen LogP contribution in [0.1, 0.15) is 42.3 Å². The molecular formula is C26H26N2O4S. The molecule has 0 saturated carbocycles. The van der Waals surface area contributed by atoms with E-state index in [4.69, 9.17) is 0 Å². The molecule has 2 N–H and O–H groups in total. The minimum absolute atomic E-state index is 0.0537. The Morgan fingerprint density at radius 3 is 2.18 bits per heavy atom. The summed E-state index contributed by atoms with van der Waals surface area (Å²) in [5, 5.41) is 10.2. The Morgan fingerprint density at radius 2 is 1.58 bits per heavy atom. The number of benzene rings is 3. The van der Waals surface area contributed by atoms with Crippen molar-refractivity contribution >= 4 is 32.6 Å². The average Bonchev–Trinajstić information content (AvgIpc) is 3.13. The Morgan fingerprint density at radius 1 is 0.939 bits per heavy atom. The summed E-state index contributed by atoms with van der Waals surface area (Å²) < 4.78 is 30.1. The number of nitrogens with one attached hydrogen (secondary N) is 1. The first-order valence-electron chi connectivity index (χ1n) is 10.6. The van der Waals surface area contributed by atoms with Gasteiger partial charge >= 0.3 is 5.97 Å². The fraction of sp³-hybridized carbons (Fsp3) is 0.192. The Hall–Kier alpha value is -3.58. The van der Waals surface area contributed by atoms with Gasteiger partial charge in [0.05, 0.1) is 10.5 Å². The van der Waals surface area contributed by atoms with Crippen LogP contribution in [0.25, 0.3) is 10.9 Å². The van der Waals surface area contributed by atoms with Crippen LogP contribution in [0.15, 0.2) is 83.9 Å². The van der Waals surface area contributed by atoms with Gasteiger partial charge in [0, 0.05) is 29.3 Å². The number of carboxylic acid groups (broad SMARTS) is 1. The largest absolute Gasteiger partial charge is 0.478 e. The summed E-state index contributed by atoms with van der Waals surface area (Å²) in [6.45, 7) is 6.70. The van der Waals surface area contributed by atoms with Gasteiger partial charge in [-0.2, -0.15) is 0 Å². The van der Waals surface area contributed by atoms with E-state index in [1.54, 1.807) is 36.5 Å². The predicted molar refractivity (Wildman–Crippen MR) is 130 cm³/mol. The number of para-hydroxylation sites is 1. The molecule has 3 aromatic carbocycles. The van der Waals surface area contributed by atoms with Crippen molar-refractivity contribution in [3.05, 3.63) is 95.7 Å². The molecule has 1 heterocycles. The maximum Gasteiger partial charge on any atom is 0.337 e. The summed E-state index contributed by atoms with van der Waals surface area (Å²) in [4.78, 5) is 11.8. The molecule has 0 aliphatic carbocycles. The molecule has 0 radical (unpaired) electrons. The number of carboxylic acids is 1. The molecule has 33 heavy (non-hydrogen) atoms. The van der Waals surface area contributed by atoms with Crippen LogP contribution < -0.4 is 4.72 Å². The zero-order valence-electron chi connectivity index (χ0n) is 18.7. The van der Waals surface area contributed by atoms with Crippen molar-refractivity contribution in [2.75, 3.05) is 4.72 Å². The molecule has 0 amide bonds. The van der Waals surface area contributed by atoms with Gasteiger partial charge < -0.3 is 9.67 Å². The molecule has 0 aliphatic heterocycles. The number of hydrogen-bond acceptors (Lipinski definition) is 3. The lowest BCUT2D eigenvalue weighted by atomic mass is 9.87. The molecular weight excluding hydrogens is 436 g/mol. The molecule has 0 bridgehead atoms. The maximum atomic E-state index is 12.8. The molecule has 0 saturated heterocycles. The minimum atomic E-state index is -3.70. The Balaban J connectivity index is 1.52. The van der Waals surface area contributed by atoms with Crippen LogP contribution in [-0.2, 0) is 22.0 Å². The molecule has 4 aromatic rings. The molecule has 0 atom stereocenters. The first-order chi connectivity index (χ1) is 15.5. The molecule has 1 aromatic heterocycles. The van der Waals surface area contributed by atoms with Crippen molar-refractivity contribution in [3.63, 3.8) is 0 Å². The van der Waals surface area contributed by atoms with Gasteiger partial charge in [0.25, 0.3) is 10.0 Å². The normalized spacial score (nSPS) is 12.1. The highest BCUT2D eigenvalue weighted by Gasteiger charge is 2.18. The topological polar surface area (TPSA) is 88.4 Å². The maximum absolute atomic E-state index is 12.8. The van der Waals surface area contributed by atoms with Gasteiger partial charge in [-0.05, 0) is 46.9 Å². The van der Waals surface area contributed by atoms with E-state index in [-0.39, 0.29) is 15.9 Å². The first-order valence-corrected chi connectivity index (χ1v) is 12.1. The van der Waals surface area contributed by atoms with Crippen LogP contribution in [0.4, 0.5) is 5.69 Å². The number of anilines is 1. The van der Waals surface area contributed by atoms with Gasteiger partial charge in [0.2, 0.25) is 0 Å². The molecule has 6 nitrogen and oxygen atoms in total. The minimum Gasteiger partial charge on any atom is -0.478 e. The number of rotatable bonds is 6. The van der Waals surface area contributed by atoms with Crippen molar-refractivity contribution in [2.24, 2.45) is 0 Å². The Bertz CT molecular complexity index is 1410. The second-order valence-corrected chi connectivity index (χ2v) is 10.8. The van der Waals surface area contributed by atoms with E-state index in [0.29, 0.717) is 17.6 Å². The summed E-state index contributed by atoms with van der Waals surface area (Å²) >= 11 is 0. The lowest BCUT2D eigenvalue weighted by Crippen LogP contribution is -2.15. The third-order valence-corrected chi connectivity index (χ3v) is 7.01. The van der Waals surface area contributed by atoms with E-state index in [0.717, 1.165) is 16.6 Å². The quantitative estimate of drug-likeness (QED) is 0.397. The SMILES string of the molecule is CC(C)(C)c1ccc(S(=O)(=O)Nc2ccc(Cn3cc(C(=O)O)c4ccccc43)cc2)cc1. The van der Waals surface area contributed by atoms with E-state index in [1.807, 2.05) is 47.0 Å².